The first-order chi connectivity index (χ1) is 12.0. The van der Waals surface area contributed by atoms with Crippen LogP contribution >= 0.6 is 11.6 Å². The molecule has 1 amide bonds. The Morgan fingerprint density at radius 2 is 1.88 bits per heavy atom. The summed E-state index contributed by atoms with van der Waals surface area (Å²) in [5, 5.41) is 13.4. The van der Waals surface area contributed by atoms with Gasteiger partial charge < -0.3 is 14.8 Å². The molecule has 2 aromatic carbocycles. The molecule has 3 aromatic rings. The highest BCUT2D eigenvalue weighted by Gasteiger charge is 2.13. The first-order valence-corrected chi connectivity index (χ1v) is 8.20. The molecule has 0 bridgehead atoms. The van der Waals surface area contributed by atoms with Crippen LogP contribution in [0.2, 0.25) is 5.02 Å². The summed E-state index contributed by atoms with van der Waals surface area (Å²) in [5.74, 6) is -0.477. The molecule has 0 aliphatic heterocycles. The normalized spacial score (nSPS) is 10.8. The Balaban J connectivity index is 1.62. The quantitative estimate of drug-likeness (QED) is 0.541. The van der Waals surface area contributed by atoms with Gasteiger partial charge in [-0.1, -0.05) is 23.7 Å². The Morgan fingerprint density at radius 3 is 2.64 bits per heavy atom. The number of aryl methyl sites for hydroxylation is 1. The lowest BCUT2D eigenvalue weighted by Crippen LogP contribution is -2.29. The average Bonchev–Trinajstić information content (AvgIpc) is 2.59. The summed E-state index contributed by atoms with van der Waals surface area (Å²) in [6.45, 7) is 0.439. The van der Waals surface area contributed by atoms with E-state index < -0.39 is 11.5 Å². The highest BCUT2D eigenvalue weighted by Crippen LogP contribution is 2.19. The van der Waals surface area contributed by atoms with Gasteiger partial charge in [0.25, 0.3) is 5.91 Å². The van der Waals surface area contributed by atoms with Gasteiger partial charge in [0.1, 0.15) is 16.9 Å². The second-order valence-electron chi connectivity index (χ2n) is 5.66. The van der Waals surface area contributed by atoms with Crippen LogP contribution in [0.1, 0.15) is 22.3 Å². The SMILES string of the molecule is O=C(NCCCc1ccc(Cl)cc1)c1cc2ccc(O)cc2oc1=O. The number of nitrogens with one attached hydrogen (secondary N) is 1. The number of carbonyl (C=O) groups excluding carboxylic acids is 1. The molecule has 0 radical (unpaired) electrons. The van der Waals surface area contributed by atoms with Crippen LogP contribution in [-0.2, 0) is 6.42 Å². The van der Waals surface area contributed by atoms with E-state index in [1.165, 1.54) is 18.2 Å². The van der Waals surface area contributed by atoms with Gasteiger partial charge in [0.15, 0.2) is 0 Å². The number of halogens is 1. The number of hydrogen-bond donors (Lipinski definition) is 2. The van der Waals surface area contributed by atoms with E-state index in [1.807, 2.05) is 24.3 Å². The van der Waals surface area contributed by atoms with Crippen LogP contribution in [0.4, 0.5) is 0 Å². The lowest BCUT2D eigenvalue weighted by atomic mass is 10.1. The summed E-state index contributed by atoms with van der Waals surface area (Å²) >= 11 is 5.84. The molecule has 128 valence electrons. The molecule has 0 unspecified atom stereocenters. The monoisotopic (exact) mass is 357 g/mol. The number of hydrogen-bond acceptors (Lipinski definition) is 4. The lowest BCUT2D eigenvalue weighted by molar-refractivity contribution is 0.0949. The fourth-order valence-corrected chi connectivity index (χ4v) is 2.62. The smallest absolute Gasteiger partial charge is 0.349 e. The number of benzene rings is 2. The topological polar surface area (TPSA) is 79.5 Å². The molecular weight excluding hydrogens is 342 g/mol. The average molecular weight is 358 g/mol. The van der Waals surface area contributed by atoms with Crippen molar-refractivity contribution in [1.82, 2.24) is 5.32 Å². The van der Waals surface area contributed by atoms with Gasteiger partial charge in [-0.25, -0.2) is 4.79 Å². The molecule has 2 N–H and O–H groups in total. The maximum absolute atomic E-state index is 12.2. The van der Waals surface area contributed by atoms with Crippen molar-refractivity contribution in [1.29, 1.82) is 0 Å². The zero-order valence-corrected chi connectivity index (χ0v) is 14.0. The van der Waals surface area contributed by atoms with Crippen LogP contribution in [0, 0.1) is 0 Å². The molecular formula is C19H16ClNO4. The third-order valence-electron chi connectivity index (χ3n) is 3.81. The van der Waals surface area contributed by atoms with Gasteiger partial charge >= 0.3 is 5.63 Å². The zero-order chi connectivity index (χ0) is 17.8. The van der Waals surface area contributed by atoms with Crippen LogP contribution < -0.4 is 10.9 Å². The second-order valence-corrected chi connectivity index (χ2v) is 6.09. The van der Waals surface area contributed by atoms with Gasteiger partial charge in [0.05, 0.1) is 0 Å². The van der Waals surface area contributed by atoms with E-state index in [4.69, 9.17) is 16.0 Å². The molecule has 3 rings (SSSR count). The molecule has 0 aliphatic carbocycles. The minimum Gasteiger partial charge on any atom is -0.508 e. The molecule has 0 saturated carbocycles. The van der Waals surface area contributed by atoms with Gasteiger partial charge in [-0.3, -0.25) is 4.79 Å². The Hall–Kier alpha value is -2.79. The number of phenols is 1. The molecule has 0 fully saturated rings. The number of amides is 1. The van der Waals surface area contributed by atoms with Crippen LogP contribution in [0.25, 0.3) is 11.0 Å². The van der Waals surface area contributed by atoms with Crippen LogP contribution in [0.5, 0.6) is 5.75 Å². The molecule has 1 heterocycles. The van der Waals surface area contributed by atoms with Crippen molar-refractivity contribution >= 4 is 28.5 Å². The Bertz CT molecular complexity index is 963. The molecule has 0 aliphatic rings. The predicted molar refractivity (Wildman–Crippen MR) is 96.3 cm³/mol. The summed E-state index contributed by atoms with van der Waals surface area (Å²) < 4.78 is 5.09. The fourth-order valence-electron chi connectivity index (χ4n) is 2.50. The van der Waals surface area contributed by atoms with Crippen molar-refractivity contribution in [2.75, 3.05) is 6.54 Å². The van der Waals surface area contributed by atoms with Crippen molar-refractivity contribution < 1.29 is 14.3 Å². The van der Waals surface area contributed by atoms with Crippen molar-refractivity contribution in [3.05, 3.63) is 75.1 Å². The molecule has 0 saturated heterocycles. The molecule has 5 nitrogen and oxygen atoms in total. The van der Waals surface area contributed by atoms with Crippen molar-refractivity contribution in [3.8, 4) is 5.75 Å². The minimum atomic E-state index is -0.728. The summed E-state index contributed by atoms with van der Waals surface area (Å²) in [4.78, 5) is 24.1. The van der Waals surface area contributed by atoms with Crippen LogP contribution in [0.3, 0.4) is 0 Å². The number of fused-ring (bicyclic) bond motifs is 1. The Kier molecular flexibility index (Phi) is 5.05. The molecule has 0 spiro atoms. The summed E-state index contributed by atoms with van der Waals surface area (Å²) in [7, 11) is 0. The van der Waals surface area contributed by atoms with Gasteiger partial charge in [-0.15, -0.1) is 0 Å². The first kappa shape index (κ1) is 17.0. The Morgan fingerprint density at radius 1 is 1.12 bits per heavy atom. The highest BCUT2D eigenvalue weighted by atomic mass is 35.5. The number of phenolic OH excluding ortho intramolecular Hbond substituents is 1. The van der Waals surface area contributed by atoms with Crippen molar-refractivity contribution in [2.45, 2.75) is 12.8 Å². The Labute approximate surface area is 148 Å². The van der Waals surface area contributed by atoms with Gasteiger partial charge in [-0.2, -0.15) is 0 Å². The first-order valence-electron chi connectivity index (χ1n) is 7.82. The summed E-state index contributed by atoms with van der Waals surface area (Å²) in [6.07, 6.45) is 1.53. The van der Waals surface area contributed by atoms with E-state index in [1.54, 1.807) is 6.07 Å². The van der Waals surface area contributed by atoms with Crippen molar-refractivity contribution in [2.24, 2.45) is 0 Å². The molecule has 25 heavy (non-hydrogen) atoms. The third kappa shape index (κ3) is 4.19. The van der Waals surface area contributed by atoms with E-state index in [-0.39, 0.29) is 16.9 Å². The minimum absolute atomic E-state index is 0.00458. The standard InChI is InChI=1S/C19H16ClNO4/c20-14-6-3-12(4-7-14)2-1-9-21-18(23)16-10-13-5-8-15(22)11-17(13)25-19(16)24/h3-8,10-11,22H,1-2,9H2,(H,21,23). The summed E-state index contributed by atoms with van der Waals surface area (Å²) in [5.41, 5.74) is 0.589. The predicted octanol–water partition coefficient (Wildman–Crippen LogP) is 3.51. The fraction of sp³-hybridized carbons (Fsp3) is 0.158. The van der Waals surface area contributed by atoms with E-state index in [0.717, 1.165) is 18.4 Å². The maximum Gasteiger partial charge on any atom is 0.349 e. The van der Waals surface area contributed by atoms with E-state index >= 15 is 0 Å². The molecule has 0 atom stereocenters. The molecule has 1 aromatic heterocycles. The van der Waals surface area contributed by atoms with E-state index in [0.29, 0.717) is 17.0 Å². The van der Waals surface area contributed by atoms with Gasteiger partial charge in [0.2, 0.25) is 0 Å². The number of carbonyl (C=O) groups is 1. The maximum atomic E-state index is 12.2. The van der Waals surface area contributed by atoms with E-state index in [9.17, 15) is 14.7 Å². The number of aromatic hydroxyl groups is 1. The third-order valence-corrected chi connectivity index (χ3v) is 4.06. The highest BCUT2D eigenvalue weighted by molar-refractivity contribution is 6.30. The lowest BCUT2D eigenvalue weighted by Gasteiger charge is -2.06. The second kappa shape index (κ2) is 7.40. The van der Waals surface area contributed by atoms with Crippen molar-refractivity contribution in [3.63, 3.8) is 0 Å². The largest absolute Gasteiger partial charge is 0.508 e. The van der Waals surface area contributed by atoms with Crippen LogP contribution in [0.15, 0.2) is 57.7 Å². The summed E-state index contributed by atoms with van der Waals surface area (Å²) in [6, 6.07) is 13.4. The zero-order valence-electron chi connectivity index (χ0n) is 13.3. The van der Waals surface area contributed by atoms with Gasteiger partial charge in [-0.05, 0) is 48.7 Å². The number of rotatable bonds is 5. The molecule has 6 heteroatoms. The van der Waals surface area contributed by atoms with E-state index in [2.05, 4.69) is 5.32 Å². The van der Waals surface area contributed by atoms with Crippen LogP contribution in [-0.4, -0.2) is 17.6 Å². The van der Waals surface area contributed by atoms with Gasteiger partial charge in [0, 0.05) is 23.0 Å².